The van der Waals surface area contributed by atoms with Gasteiger partial charge in [-0.25, -0.2) is 4.79 Å². The van der Waals surface area contributed by atoms with Crippen molar-refractivity contribution in [1.82, 2.24) is 14.6 Å². The zero-order chi connectivity index (χ0) is 13.4. The summed E-state index contributed by atoms with van der Waals surface area (Å²) in [6, 6.07) is 7.50. The van der Waals surface area contributed by atoms with E-state index in [0.29, 0.717) is 11.2 Å². The van der Waals surface area contributed by atoms with E-state index in [1.165, 1.54) is 12.0 Å². The van der Waals surface area contributed by atoms with Crippen LogP contribution in [-0.2, 0) is 4.74 Å². The number of aryl methyl sites for hydroxylation is 1. The van der Waals surface area contributed by atoms with Crippen molar-refractivity contribution in [3.63, 3.8) is 0 Å². The lowest BCUT2D eigenvalue weighted by Gasteiger charge is -2.01. The first-order chi connectivity index (χ1) is 9.20. The predicted octanol–water partition coefficient (Wildman–Crippen LogP) is 2.55. The summed E-state index contributed by atoms with van der Waals surface area (Å²) in [4.78, 5) is 13.9. The van der Waals surface area contributed by atoms with Gasteiger partial charge in [-0.1, -0.05) is 0 Å². The molecule has 0 fully saturated rings. The number of thiophene rings is 1. The standard InChI is InChI=1S/C13H11N3O2S/c1-8-5-6-10(19-8)12-15-14-11-9(13(17)18-2)4-3-7-16(11)12/h3-7H,1-2H3. The Kier molecular flexibility index (Phi) is 2.79. The van der Waals surface area contributed by atoms with Crippen LogP contribution in [0.4, 0.5) is 0 Å². The number of carbonyl (C=O) groups is 1. The fourth-order valence-electron chi connectivity index (χ4n) is 1.91. The van der Waals surface area contributed by atoms with Crippen LogP contribution in [0.15, 0.2) is 30.5 Å². The molecule has 0 N–H and O–H groups in total. The summed E-state index contributed by atoms with van der Waals surface area (Å²) in [5, 5.41) is 8.26. The van der Waals surface area contributed by atoms with Crippen LogP contribution < -0.4 is 0 Å². The summed E-state index contributed by atoms with van der Waals surface area (Å²) in [7, 11) is 1.35. The molecule has 3 aromatic rings. The smallest absolute Gasteiger partial charge is 0.341 e. The number of aromatic nitrogens is 3. The molecular formula is C13H11N3O2S. The van der Waals surface area contributed by atoms with Crippen LogP contribution in [0.1, 0.15) is 15.2 Å². The largest absolute Gasteiger partial charge is 0.465 e. The lowest BCUT2D eigenvalue weighted by atomic mass is 10.2. The molecule has 0 aliphatic rings. The van der Waals surface area contributed by atoms with Gasteiger partial charge in [-0.2, -0.15) is 0 Å². The van der Waals surface area contributed by atoms with E-state index >= 15 is 0 Å². The summed E-state index contributed by atoms with van der Waals surface area (Å²) in [6.07, 6.45) is 1.84. The van der Waals surface area contributed by atoms with Crippen molar-refractivity contribution in [3.05, 3.63) is 40.9 Å². The fraction of sp³-hybridized carbons (Fsp3) is 0.154. The first-order valence-corrected chi connectivity index (χ1v) is 6.51. The highest BCUT2D eigenvalue weighted by molar-refractivity contribution is 7.15. The molecule has 96 valence electrons. The molecule has 0 amide bonds. The van der Waals surface area contributed by atoms with Gasteiger partial charge in [0.15, 0.2) is 11.5 Å². The quantitative estimate of drug-likeness (QED) is 0.673. The fourth-order valence-corrected chi connectivity index (χ4v) is 2.76. The van der Waals surface area contributed by atoms with Crippen LogP contribution in [0.3, 0.4) is 0 Å². The van der Waals surface area contributed by atoms with E-state index in [4.69, 9.17) is 4.74 Å². The summed E-state index contributed by atoms with van der Waals surface area (Å²) >= 11 is 1.64. The van der Waals surface area contributed by atoms with Gasteiger partial charge < -0.3 is 4.74 Å². The Morgan fingerprint density at radius 2 is 2.16 bits per heavy atom. The van der Waals surface area contributed by atoms with Crippen molar-refractivity contribution in [2.75, 3.05) is 7.11 Å². The van der Waals surface area contributed by atoms with Gasteiger partial charge in [0.25, 0.3) is 0 Å². The Morgan fingerprint density at radius 3 is 2.84 bits per heavy atom. The molecule has 6 heteroatoms. The molecule has 0 saturated carbocycles. The third-order valence-corrected chi connectivity index (χ3v) is 3.80. The van der Waals surface area contributed by atoms with Gasteiger partial charge in [0, 0.05) is 11.1 Å². The number of pyridine rings is 1. The van der Waals surface area contributed by atoms with Crippen molar-refractivity contribution >= 4 is 23.0 Å². The molecule has 0 spiro atoms. The molecule has 0 aromatic carbocycles. The number of rotatable bonds is 2. The highest BCUT2D eigenvalue weighted by Crippen LogP contribution is 2.27. The number of ether oxygens (including phenoxy) is 1. The van der Waals surface area contributed by atoms with Crippen molar-refractivity contribution in [3.8, 4) is 10.7 Å². The van der Waals surface area contributed by atoms with E-state index in [1.807, 2.05) is 25.3 Å². The van der Waals surface area contributed by atoms with Crippen LogP contribution in [-0.4, -0.2) is 27.7 Å². The highest BCUT2D eigenvalue weighted by Gasteiger charge is 2.16. The molecule has 5 nitrogen and oxygen atoms in total. The Hall–Kier alpha value is -2.21. The van der Waals surface area contributed by atoms with E-state index < -0.39 is 5.97 Å². The molecule has 0 bridgehead atoms. The third-order valence-electron chi connectivity index (χ3n) is 2.80. The van der Waals surface area contributed by atoms with E-state index in [9.17, 15) is 4.79 Å². The van der Waals surface area contributed by atoms with E-state index in [0.717, 1.165) is 10.7 Å². The van der Waals surface area contributed by atoms with Crippen molar-refractivity contribution in [1.29, 1.82) is 0 Å². The minimum atomic E-state index is -0.410. The second-order valence-corrected chi connectivity index (χ2v) is 5.33. The first-order valence-electron chi connectivity index (χ1n) is 5.69. The van der Waals surface area contributed by atoms with E-state index in [1.54, 1.807) is 27.9 Å². The maximum Gasteiger partial charge on any atom is 0.341 e. The Labute approximate surface area is 113 Å². The third kappa shape index (κ3) is 1.90. The Bertz CT molecular complexity index is 760. The minimum Gasteiger partial charge on any atom is -0.465 e. The molecule has 3 rings (SSSR count). The molecular weight excluding hydrogens is 262 g/mol. The zero-order valence-electron chi connectivity index (χ0n) is 10.5. The lowest BCUT2D eigenvalue weighted by molar-refractivity contribution is 0.0602. The summed E-state index contributed by atoms with van der Waals surface area (Å²) in [5.41, 5.74) is 0.924. The SMILES string of the molecule is COC(=O)c1cccn2c(-c3ccc(C)s3)nnc12. The predicted molar refractivity (Wildman–Crippen MR) is 72.4 cm³/mol. The lowest BCUT2D eigenvalue weighted by Crippen LogP contribution is -2.04. The first kappa shape index (κ1) is 11.9. The van der Waals surface area contributed by atoms with Crippen molar-refractivity contribution in [2.45, 2.75) is 6.92 Å². The number of esters is 1. The molecule has 0 saturated heterocycles. The van der Waals surface area contributed by atoms with E-state index in [2.05, 4.69) is 10.2 Å². The van der Waals surface area contributed by atoms with Crippen LogP contribution in [0.25, 0.3) is 16.3 Å². The molecule has 19 heavy (non-hydrogen) atoms. The second kappa shape index (κ2) is 4.47. The molecule has 0 unspecified atom stereocenters. The van der Waals surface area contributed by atoms with Gasteiger partial charge in [0.05, 0.1) is 12.0 Å². The number of nitrogens with zero attached hydrogens (tertiary/aromatic N) is 3. The van der Waals surface area contributed by atoms with Crippen LogP contribution in [0.5, 0.6) is 0 Å². The molecule has 3 aromatic heterocycles. The Balaban J connectivity index is 2.22. The molecule has 0 radical (unpaired) electrons. The number of fused-ring (bicyclic) bond motifs is 1. The monoisotopic (exact) mass is 273 g/mol. The molecule has 0 aliphatic carbocycles. The molecule has 3 heterocycles. The maximum absolute atomic E-state index is 11.7. The summed E-state index contributed by atoms with van der Waals surface area (Å²) in [5.74, 6) is 0.325. The maximum atomic E-state index is 11.7. The minimum absolute atomic E-state index is 0.410. The average molecular weight is 273 g/mol. The Morgan fingerprint density at radius 1 is 1.32 bits per heavy atom. The van der Waals surface area contributed by atoms with Crippen molar-refractivity contribution in [2.24, 2.45) is 0 Å². The second-order valence-electron chi connectivity index (χ2n) is 4.04. The van der Waals surface area contributed by atoms with Crippen LogP contribution in [0.2, 0.25) is 0 Å². The average Bonchev–Trinajstić information content (AvgIpc) is 3.03. The van der Waals surface area contributed by atoms with Crippen LogP contribution >= 0.6 is 11.3 Å². The van der Waals surface area contributed by atoms with Gasteiger partial charge in [-0.15, -0.1) is 21.5 Å². The normalized spacial score (nSPS) is 10.8. The van der Waals surface area contributed by atoms with Crippen molar-refractivity contribution < 1.29 is 9.53 Å². The van der Waals surface area contributed by atoms with Gasteiger partial charge in [-0.05, 0) is 31.2 Å². The number of methoxy groups -OCH3 is 1. The zero-order valence-corrected chi connectivity index (χ0v) is 11.3. The topological polar surface area (TPSA) is 56.5 Å². The molecule has 0 aliphatic heterocycles. The summed E-state index contributed by atoms with van der Waals surface area (Å²) < 4.78 is 6.55. The number of hydrogen-bond donors (Lipinski definition) is 0. The number of hydrogen-bond acceptors (Lipinski definition) is 5. The number of carbonyl (C=O) groups excluding carboxylic acids is 1. The van der Waals surface area contributed by atoms with Gasteiger partial charge in [0.2, 0.25) is 0 Å². The van der Waals surface area contributed by atoms with Gasteiger partial charge >= 0.3 is 5.97 Å². The van der Waals surface area contributed by atoms with E-state index in [-0.39, 0.29) is 0 Å². The van der Waals surface area contributed by atoms with Crippen LogP contribution in [0, 0.1) is 6.92 Å². The van der Waals surface area contributed by atoms with Gasteiger partial charge in [0.1, 0.15) is 5.56 Å². The summed E-state index contributed by atoms with van der Waals surface area (Å²) in [6.45, 7) is 2.04. The molecule has 0 atom stereocenters. The highest BCUT2D eigenvalue weighted by atomic mass is 32.1. The van der Waals surface area contributed by atoms with Gasteiger partial charge in [-0.3, -0.25) is 4.40 Å².